The summed E-state index contributed by atoms with van der Waals surface area (Å²) in [5, 5.41) is 9.99. The van der Waals surface area contributed by atoms with Gasteiger partial charge in [-0.15, -0.1) is 0 Å². The van der Waals surface area contributed by atoms with Crippen molar-refractivity contribution in [1.29, 1.82) is 0 Å². The Labute approximate surface area is 213 Å². The molecule has 1 saturated carbocycles. The molecular weight excluding hydrogens is 476 g/mol. The Bertz CT molecular complexity index is 1310. The van der Waals surface area contributed by atoms with E-state index in [0.717, 1.165) is 49.2 Å². The van der Waals surface area contributed by atoms with E-state index in [9.17, 15) is 24.0 Å². The van der Waals surface area contributed by atoms with Crippen LogP contribution in [0.15, 0.2) is 30.6 Å². The minimum atomic E-state index is -0.998. The summed E-state index contributed by atoms with van der Waals surface area (Å²) in [6.45, 7) is 1.90. The number of nitrogens with zero attached hydrogens (tertiary/aromatic N) is 4. The van der Waals surface area contributed by atoms with Crippen LogP contribution >= 0.6 is 0 Å². The molecule has 192 valence electrons. The zero-order valence-corrected chi connectivity index (χ0v) is 20.3. The van der Waals surface area contributed by atoms with Crippen LogP contribution in [-0.2, 0) is 20.9 Å². The molecule has 0 radical (unpaired) electrons. The third-order valence-corrected chi connectivity index (χ3v) is 7.68. The molecule has 0 spiro atoms. The van der Waals surface area contributed by atoms with Gasteiger partial charge < -0.3 is 10.2 Å². The smallest absolute Gasteiger partial charge is 0.264 e. The molecular formula is C26H28N6O5. The van der Waals surface area contributed by atoms with E-state index in [4.69, 9.17) is 0 Å². The van der Waals surface area contributed by atoms with Crippen LogP contribution in [0.25, 0.3) is 0 Å². The predicted octanol–water partition coefficient (Wildman–Crippen LogP) is 1.47. The van der Waals surface area contributed by atoms with Gasteiger partial charge in [0.25, 0.3) is 11.8 Å². The highest BCUT2D eigenvalue weighted by atomic mass is 16.2. The zero-order chi connectivity index (χ0) is 25.7. The minimum absolute atomic E-state index is 0.0781. The van der Waals surface area contributed by atoms with Gasteiger partial charge in [-0.2, -0.15) is 5.10 Å². The number of hydrogen-bond acceptors (Lipinski definition) is 7. The van der Waals surface area contributed by atoms with Crippen molar-refractivity contribution in [3.63, 3.8) is 0 Å². The predicted molar refractivity (Wildman–Crippen MR) is 130 cm³/mol. The highest BCUT2D eigenvalue weighted by Crippen LogP contribution is 2.34. The first-order valence-electron chi connectivity index (χ1n) is 12.8. The summed E-state index contributed by atoms with van der Waals surface area (Å²) in [6.07, 6.45) is 7.72. The molecule has 1 aliphatic carbocycles. The van der Waals surface area contributed by atoms with Crippen LogP contribution in [0.2, 0.25) is 0 Å². The fourth-order valence-corrected chi connectivity index (χ4v) is 5.47. The summed E-state index contributed by atoms with van der Waals surface area (Å²) in [5.74, 6) is -1.56. The molecule has 2 saturated heterocycles. The van der Waals surface area contributed by atoms with Crippen molar-refractivity contribution in [2.75, 3.05) is 18.4 Å². The van der Waals surface area contributed by atoms with E-state index in [0.29, 0.717) is 18.1 Å². The van der Waals surface area contributed by atoms with Gasteiger partial charge in [-0.3, -0.25) is 38.9 Å². The number of benzene rings is 1. The Hall–Kier alpha value is -4.02. The van der Waals surface area contributed by atoms with Gasteiger partial charge in [0.15, 0.2) is 0 Å². The second kappa shape index (κ2) is 9.13. The molecule has 4 heterocycles. The third kappa shape index (κ3) is 4.28. The van der Waals surface area contributed by atoms with Crippen LogP contribution in [0, 0.1) is 5.92 Å². The fourth-order valence-electron chi connectivity index (χ4n) is 5.47. The highest BCUT2D eigenvalue weighted by molar-refractivity contribution is 6.25. The maximum Gasteiger partial charge on any atom is 0.264 e. The number of likely N-dealkylation sites (tertiary alicyclic amines) is 1. The normalized spacial score (nSPS) is 22.3. The lowest BCUT2D eigenvalue weighted by atomic mass is 10.0. The van der Waals surface area contributed by atoms with Crippen LogP contribution in [0.1, 0.15) is 70.8 Å². The van der Waals surface area contributed by atoms with Crippen molar-refractivity contribution >= 4 is 35.2 Å². The summed E-state index contributed by atoms with van der Waals surface area (Å²) in [4.78, 5) is 65.4. The Morgan fingerprint density at radius 3 is 2.54 bits per heavy atom. The van der Waals surface area contributed by atoms with Gasteiger partial charge in [0.1, 0.15) is 6.04 Å². The number of hydrogen-bond donors (Lipinski definition) is 2. The number of aromatic nitrogens is 2. The molecule has 6 rings (SSSR count). The first-order chi connectivity index (χ1) is 17.9. The third-order valence-electron chi connectivity index (χ3n) is 7.68. The number of piperidine rings is 2. The van der Waals surface area contributed by atoms with Crippen LogP contribution < -0.4 is 10.6 Å². The Morgan fingerprint density at radius 1 is 1.03 bits per heavy atom. The maximum absolute atomic E-state index is 13.3. The molecule has 3 fully saturated rings. The minimum Gasteiger partial charge on any atom is -0.380 e. The van der Waals surface area contributed by atoms with Crippen molar-refractivity contribution in [2.24, 2.45) is 5.92 Å². The van der Waals surface area contributed by atoms with E-state index in [1.165, 1.54) is 0 Å². The molecule has 1 atom stereocenters. The standard InChI is InChI=1S/C26H28N6O5/c33-21-7-6-20(23(34)29-21)32-25(36)18-2-1-3-19(22(18)26(32)37)27-12-15-13-28-31(14-15)17-8-10-30(11-9-17)24(35)16-4-5-16/h1-3,13-14,16-17,20,27H,4-12H2,(H,29,33,34). The molecule has 5 amide bonds. The molecule has 0 bridgehead atoms. The first kappa shape index (κ1) is 23.4. The summed E-state index contributed by atoms with van der Waals surface area (Å²) in [5.41, 5.74) is 1.90. The van der Waals surface area contributed by atoms with Crippen LogP contribution in [0.3, 0.4) is 0 Å². The van der Waals surface area contributed by atoms with Gasteiger partial charge in [-0.25, -0.2) is 0 Å². The molecule has 1 aromatic carbocycles. The molecule has 2 aromatic rings. The highest BCUT2D eigenvalue weighted by Gasteiger charge is 2.45. The Kier molecular flexibility index (Phi) is 5.77. The Morgan fingerprint density at radius 2 is 1.81 bits per heavy atom. The molecule has 37 heavy (non-hydrogen) atoms. The van der Waals surface area contributed by atoms with Gasteiger partial charge in [-0.05, 0) is 44.2 Å². The number of nitrogens with one attached hydrogen (secondary N) is 2. The van der Waals surface area contributed by atoms with E-state index in [1.807, 2.05) is 15.8 Å². The number of anilines is 1. The van der Waals surface area contributed by atoms with Crippen molar-refractivity contribution in [1.82, 2.24) is 24.9 Å². The van der Waals surface area contributed by atoms with Crippen LogP contribution in [0.5, 0.6) is 0 Å². The van der Waals surface area contributed by atoms with Crippen molar-refractivity contribution in [3.8, 4) is 0 Å². The van der Waals surface area contributed by atoms with Gasteiger partial charge in [-0.1, -0.05) is 6.07 Å². The quantitative estimate of drug-likeness (QED) is 0.569. The lowest BCUT2D eigenvalue weighted by molar-refractivity contribution is -0.136. The molecule has 1 aromatic heterocycles. The average molecular weight is 505 g/mol. The summed E-state index contributed by atoms with van der Waals surface area (Å²) in [7, 11) is 0. The summed E-state index contributed by atoms with van der Waals surface area (Å²) in [6, 6.07) is 4.24. The van der Waals surface area contributed by atoms with Crippen molar-refractivity contribution in [3.05, 3.63) is 47.3 Å². The zero-order valence-electron chi connectivity index (χ0n) is 20.3. The molecule has 11 nitrogen and oxygen atoms in total. The maximum atomic E-state index is 13.3. The second-order valence-electron chi connectivity index (χ2n) is 10.2. The van der Waals surface area contributed by atoms with Crippen LogP contribution in [0.4, 0.5) is 5.69 Å². The van der Waals surface area contributed by atoms with E-state index in [2.05, 4.69) is 15.7 Å². The number of fused-ring (bicyclic) bond motifs is 1. The molecule has 11 heteroatoms. The summed E-state index contributed by atoms with van der Waals surface area (Å²) < 4.78 is 1.95. The molecule has 2 N–H and O–H groups in total. The van der Waals surface area contributed by atoms with E-state index in [-0.39, 0.29) is 35.9 Å². The number of imide groups is 2. The number of amides is 5. The lowest BCUT2D eigenvalue weighted by Gasteiger charge is -2.32. The Balaban J connectivity index is 1.11. The molecule has 1 unspecified atom stereocenters. The topological polar surface area (TPSA) is 134 Å². The molecule has 4 aliphatic rings. The average Bonchev–Trinajstić information content (AvgIpc) is 3.59. The lowest BCUT2D eigenvalue weighted by Crippen LogP contribution is -2.54. The van der Waals surface area contributed by atoms with Gasteiger partial charge in [0, 0.05) is 49.4 Å². The van der Waals surface area contributed by atoms with E-state index < -0.39 is 29.7 Å². The largest absolute Gasteiger partial charge is 0.380 e. The number of carbonyl (C=O) groups is 5. The van der Waals surface area contributed by atoms with E-state index in [1.54, 1.807) is 24.4 Å². The molecule has 3 aliphatic heterocycles. The van der Waals surface area contributed by atoms with E-state index >= 15 is 0 Å². The van der Waals surface area contributed by atoms with Gasteiger partial charge in [0.2, 0.25) is 17.7 Å². The van der Waals surface area contributed by atoms with Crippen LogP contribution in [-0.4, -0.2) is 68.2 Å². The first-order valence-corrected chi connectivity index (χ1v) is 12.8. The summed E-state index contributed by atoms with van der Waals surface area (Å²) >= 11 is 0. The van der Waals surface area contributed by atoms with Gasteiger partial charge in [0.05, 0.1) is 23.4 Å². The number of carbonyl (C=O) groups excluding carboxylic acids is 5. The monoisotopic (exact) mass is 504 g/mol. The number of rotatable bonds is 6. The van der Waals surface area contributed by atoms with Crippen molar-refractivity contribution in [2.45, 2.75) is 57.2 Å². The van der Waals surface area contributed by atoms with Crippen molar-refractivity contribution < 1.29 is 24.0 Å². The second-order valence-corrected chi connectivity index (χ2v) is 10.2. The SMILES string of the molecule is O=C1CCC(N2C(=O)c3cccc(NCc4cnn(C5CCN(C(=O)C6CC6)CC5)c4)c3C2=O)C(=O)N1. The van der Waals surface area contributed by atoms with Gasteiger partial charge >= 0.3 is 0 Å². The fraction of sp³-hybridized carbons (Fsp3) is 0.462.